The highest BCUT2D eigenvalue weighted by atomic mass is 35.5. The summed E-state index contributed by atoms with van der Waals surface area (Å²) in [6, 6.07) is 2.50. The van der Waals surface area contributed by atoms with E-state index < -0.39 is 5.82 Å². The van der Waals surface area contributed by atoms with Crippen LogP contribution in [-0.2, 0) is 0 Å². The number of hydrogen-bond donors (Lipinski definition) is 1. The SMILES string of the molecule is NC(CCl)=Nc1c(F)ccc(Cl)c1Cl. The van der Waals surface area contributed by atoms with Gasteiger partial charge in [0.1, 0.15) is 11.5 Å². The molecule has 0 bridgehead atoms. The van der Waals surface area contributed by atoms with Gasteiger partial charge in [-0.1, -0.05) is 23.2 Å². The molecule has 76 valence electrons. The van der Waals surface area contributed by atoms with Crippen molar-refractivity contribution < 1.29 is 4.39 Å². The van der Waals surface area contributed by atoms with Gasteiger partial charge in [-0.05, 0) is 12.1 Å². The van der Waals surface area contributed by atoms with E-state index in [2.05, 4.69) is 4.99 Å². The van der Waals surface area contributed by atoms with Crippen molar-refractivity contribution in [3.05, 3.63) is 28.0 Å². The highest BCUT2D eigenvalue weighted by Gasteiger charge is 2.10. The Bertz CT molecular complexity index is 379. The Morgan fingerprint density at radius 3 is 2.64 bits per heavy atom. The van der Waals surface area contributed by atoms with Crippen LogP contribution in [0.5, 0.6) is 0 Å². The van der Waals surface area contributed by atoms with E-state index in [1.807, 2.05) is 0 Å². The molecule has 14 heavy (non-hydrogen) atoms. The molecule has 0 aliphatic rings. The zero-order valence-electron chi connectivity index (χ0n) is 6.90. The van der Waals surface area contributed by atoms with Crippen LogP contribution in [0.3, 0.4) is 0 Å². The van der Waals surface area contributed by atoms with Gasteiger partial charge in [0.25, 0.3) is 0 Å². The number of halogens is 4. The summed E-state index contributed by atoms with van der Waals surface area (Å²) < 4.78 is 13.2. The molecule has 0 aromatic heterocycles. The molecule has 0 radical (unpaired) electrons. The Morgan fingerprint density at radius 2 is 2.07 bits per heavy atom. The van der Waals surface area contributed by atoms with Gasteiger partial charge in [0.05, 0.1) is 15.9 Å². The average molecular weight is 256 g/mol. The predicted octanol–water partition coefficient (Wildman–Crippen LogP) is 3.36. The molecule has 1 rings (SSSR count). The van der Waals surface area contributed by atoms with E-state index in [-0.39, 0.29) is 27.4 Å². The quantitative estimate of drug-likeness (QED) is 0.374. The van der Waals surface area contributed by atoms with Crippen LogP contribution in [0.4, 0.5) is 10.1 Å². The number of amidine groups is 1. The van der Waals surface area contributed by atoms with E-state index >= 15 is 0 Å². The van der Waals surface area contributed by atoms with Crippen molar-refractivity contribution in [2.24, 2.45) is 10.7 Å². The van der Waals surface area contributed by atoms with Crippen molar-refractivity contribution in [3.63, 3.8) is 0 Å². The Labute approximate surface area is 95.5 Å². The molecule has 2 nitrogen and oxygen atoms in total. The monoisotopic (exact) mass is 254 g/mol. The first kappa shape index (κ1) is 11.6. The zero-order chi connectivity index (χ0) is 10.7. The second-order valence-electron chi connectivity index (χ2n) is 2.43. The molecular formula is C8H6Cl3FN2. The molecule has 0 aliphatic carbocycles. The summed E-state index contributed by atoms with van der Waals surface area (Å²) in [6.07, 6.45) is 0. The third-order valence-electron chi connectivity index (χ3n) is 1.41. The van der Waals surface area contributed by atoms with Crippen molar-refractivity contribution in [1.29, 1.82) is 0 Å². The maximum atomic E-state index is 13.2. The largest absolute Gasteiger partial charge is 0.386 e. The van der Waals surface area contributed by atoms with E-state index in [0.717, 1.165) is 6.07 Å². The lowest BCUT2D eigenvalue weighted by atomic mass is 10.3. The standard InChI is InChI=1S/C8H6Cl3FN2/c9-3-6(13)14-8-5(12)2-1-4(10)7(8)11/h1-2H,3H2,(H2,13,14). The molecule has 0 atom stereocenters. The zero-order valence-corrected chi connectivity index (χ0v) is 9.17. The van der Waals surface area contributed by atoms with Gasteiger partial charge in [0, 0.05) is 0 Å². The van der Waals surface area contributed by atoms with E-state index in [1.54, 1.807) is 0 Å². The number of alkyl halides is 1. The number of rotatable bonds is 2. The Balaban J connectivity index is 3.26. The van der Waals surface area contributed by atoms with Crippen LogP contribution in [0, 0.1) is 5.82 Å². The van der Waals surface area contributed by atoms with Crippen molar-refractivity contribution >= 4 is 46.3 Å². The molecule has 0 amide bonds. The molecule has 0 spiro atoms. The average Bonchev–Trinajstić information content (AvgIpc) is 2.18. The number of nitrogens with zero attached hydrogens (tertiary/aromatic N) is 1. The van der Waals surface area contributed by atoms with Crippen molar-refractivity contribution in [1.82, 2.24) is 0 Å². The molecule has 6 heteroatoms. The Kier molecular flexibility index (Phi) is 3.98. The molecule has 0 heterocycles. The fourth-order valence-electron chi connectivity index (χ4n) is 0.792. The predicted molar refractivity (Wildman–Crippen MR) is 58.4 cm³/mol. The van der Waals surface area contributed by atoms with E-state index in [0.29, 0.717) is 0 Å². The lowest BCUT2D eigenvalue weighted by molar-refractivity contribution is 0.630. The van der Waals surface area contributed by atoms with Crippen LogP contribution in [0.25, 0.3) is 0 Å². The molecule has 1 aromatic carbocycles. The first-order chi connectivity index (χ1) is 6.56. The molecule has 0 saturated carbocycles. The maximum Gasteiger partial charge on any atom is 0.150 e. The highest BCUT2D eigenvalue weighted by molar-refractivity contribution is 6.43. The Morgan fingerprint density at radius 1 is 1.43 bits per heavy atom. The van der Waals surface area contributed by atoms with Crippen LogP contribution in [0.1, 0.15) is 0 Å². The Hall–Kier alpha value is -0.510. The number of nitrogens with two attached hydrogens (primary N) is 1. The second kappa shape index (κ2) is 4.82. The van der Waals surface area contributed by atoms with Gasteiger partial charge in [-0.2, -0.15) is 0 Å². The van der Waals surface area contributed by atoms with Crippen molar-refractivity contribution in [2.45, 2.75) is 0 Å². The minimum absolute atomic E-state index is 0.00226. The van der Waals surface area contributed by atoms with Gasteiger partial charge < -0.3 is 5.73 Å². The highest BCUT2D eigenvalue weighted by Crippen LogP contribution is 2.34. The molecule has 1 aromatic rings. The van der Waals surface area contributed by atoms with Crippen molar-refractivity contribution in [3.8, 4) is 0 Å². The fourth-order valence-corrected chi connectivity index (χ4v) is 1.20. The summed E-state index contributed by atoms with van der Waals surface area (Å²) >= 11 is 16.8. The van der Waals surface area contributed by atoms with E-state index in [1.165, 1.54) is 6.07 Å². The van der Waals surface area contributed by atoms with Crippen LogP contribution < -0.4 is 5.73 Å². The fraction of sp³-hybridized carbons (Fsp3) is 0.125. The van der Waals surface area contributed by atoms with Gasteiger partial charge in [-0.3, -0.25) is 0 Å². The first-order valence-electron chi connectivity index (χ1n) is 3.58. The van der Waals surface area contributed by atoms with Crippen molar-refractivity contribution in [2.75, 3.05) is 5.88 Å². The van der Waals surface area contributed by atoms with Crippen LogP contribution in [0.2, 0.25) is 10.0 Å². The molecule has 0 fully saturated rings. The van der Waals surface area contributed by atoms with Gasteiger partial charge in [-0.15, -0.1) is 11.6 Å². The summed E-state index contributed by atoms with van der Waals surface area (Å²) in [5.41, 5.74) is 5.26. The minimum atomic E-state index is -0.590. The van der Waals surface area contributed by atoms with Crippen LogP contribution in [-0.4, -0.2) is 11.7 Å². The summed E-state index contributed by atoms with van der Waals surface area (Å²) in [7, 11) is 0. The normalized spacial score (nSPS) is 11.9. The summed E-state index contributed by atoms with van der Waals surface area (Å²) in [5, 5.41) is 0.244. The minimum Gasteiger partial charge on any atom is -0.386 e. The number of hydrogen-bond acceptors (Lipinski definition) is 1. The van der Waals surface area contributed by atoms with Crippen LogP contribution >= 0.6 is 34.8 Å². The molecule has 0 saturated heterocycles. The lowest BCUT2D eigenvalue weighted by Gasteiger charge is -2.02. The molecular weight excluding hydrogens is 249 g/mol. The maximum absolute atomic E-state index is 13.2. The molecule has 0 unspecified atom stereocenters. The third kappa shape index (κ3) is 2.50. The number of benzene rings is 1. The van der Waals surface area contributed by atoms with E-state index in [9.17, 15) is 4.39 Å². The molecule has 0 aliphatic heterocycles. The van der Waals surface area contributed by atoms with Gasteiger partial charge in [0.15, 0.2) is 5.82 Å². The smallest absolute Gasteiger partial charge is 0.150 e. The first-order valence-corrected chi connectivity index (χ1v) is 4.87. The lowest BCUT2D eigenvalue weighted by Crippen LogP contribution is -2.12. The molecule has 2 N–H and O–H groups in total. The topological polar surface area (TPSA) is 38.4 Å². The van der Waals surface area contributed by atoms with Gasteiger partial charge >= 0.3 is 0 Å². The number of aliphatic imine (C=N–C) groups is 1. The van der Waals surface area contributed by atoms with Gasteiger partial charge in [0.2, 0.25) is 0 Å². The summed E-state index contributed by atoms with van der Waals surface area (Å²) in [5.74, 6) is -0.510. The van der Waals surface area contributed by atoms with Gasteiger partial charge in [-0.25, -0.2) is 9.38 Å². The second-order valence-corrected chi connectivity index (χ2v) is 3.48. The summed E-state index contributed by atoms with van der Waals surface area (Å²) in [4.78, 5) is 3.71. The summed E-state index contributed by atoms with van der Waals surface area (Å²) in [6.45, 7) is 0. The van der Waals surface area contributed by atoms with Crippen LogP contribution in [0.15, 0.2) is 17.1 Å². The third-order valence-corrected chi connectivity index (χ3v) is 2.48. The van der Waals surface area contributed by atoms with E-state index in [4.69, 9.17) is 40.5 Å².